The molecule has 0 atom stereocenters. The molecule has 0 radical (unpaired) electrons. The average molecular weight is 213 g/mol. The number of hydrogen-bond donors (Lipinski definition) is 1. The van der Waals surface area contributed by atoms with Gasteiger partial charge in [-0.15, -0.1) is 11.3 Å². The Morgan fingerprint density at radius 1 is 1.71 bits per heavy atom. The van der Waals surface area contributed by atoms with Gasteiger partial charge in [-0.3, -0.25) is 4.79 Å². The highest BCUT2D eigenvalue weighted by Gasteiger charge is 2.08. The number of thiazole rings is 1. The fourth-order valence-corrected chi connectivity index (χ4v) is 2.07. The van der Waals surface area contributed by atoms with Gasteiger partial charge in [0.15, 0.2) is 5.01 Å². The summed E-state index contributed by atoms with van der Waals surface area (Å²) in [5.41, 5.74) is 5.11. The molecule has 0 aliphatic carbocycles. The van der Waals surface area contributed by atoms with Gasteiger partial charge >= 0.3 is 0 Å². The van der Waals surface area contributed by atoms with E-state index in [0.717, 1.165) is 24.4 Å². The van der Waals surface area contributed by atoms with Gasteiger partial charge in [0.25, 0.3) is 5.91 Å². The maximum absolute atomic E-state index is 10.8. The second kappa shape index (κ2) is 5.07. The molecule has 1 rings (SSSR count). The van der Waals surface area contributed by atoms with E-state index < -0.39 is 5.91 Å². The highest BCUT2D eigenvalue weighted by atomic mass is 32.1. The summed E-state index contributed by atoms with van der Waals surface area (Å²) in [6.45, 7) is 4.01. The second-order valence-electron chi connectivity index (χ2n) is 3.23. The minimum absolute atomic E-state index is 0.393. The standard InChI is InChI=1S/C9H15N3OS/c1-3-4-12(2)6-7-5-11-9(14-7)8(10)13/h5H,3-4,6H2,1-2H3,(H2,10,13). The minimum Gasteiger partial charge on any atom is -0.364 e. The van der Waals surface area contributed by atoms with Gasteiger partial charge in [0.1, 0.15) is 0 Å². The molecular formula is C9H15N3OS. The SMILES string of the molecule is CCCN(C)Cc1cnc(C(N)=O)s1. The van der Waals surface area contributed by atoms with Crippen molar-refractivity contribution < 1.29 is 4.79 Å². The van der Waals surface area contributed by atoms with E-state index >= 15 is 0 Å². The van der Waals surface area contributed by atoms with E-state index in [1.54, 1.807) is 6.20 Å². The van der Waals surface area contributed by atoms with Gasteiger partial charge in [-0.05, 0) is 20.0 Å². The topological polar surface area (TPSA) is 59.2 Å². The monoisotopic (exact) mass is 213 g/mol. The molecule has 1 heterocycles. The van der Waals surface area contributed by atoms with Gasteiger partial charge in [0, 0.05) is 17.6 Å². The molecule has 5 heteroatoms. The van der Waals surface area contributed by atoms with Crippen molar-refractivity contribution in [1.82, 2.24) is 9.88 Å². The quantitative estimate of drug-likeness (QED) is 0.796. The Labute approximate surface area is 87.7 Å². The van der Waals surface area contributed by atoms with Crippen molar-refractivity contribution in [2.45, 2.75) is 19.9 Å². The molecule has 0 spiro atoms. The van der Waals surface area contributed by atoms with Crippen molar-refractivity contribution in [3.05, 3.63) is 16.1 Å². The number of nitrogens with zero attached hydrogens (tertiary/aromatic N) is 2. The van der Waals surface area contributed by atoms with Gasteiger partial charge in [-0.1, -0.05) is 6.92 Å². The largest absolute Gasteiger partial charge is 0.364 e. The van der Waals surface area contributed by atoms with Gasteiger partial charge in [0.2, 0.25) is 0 Å². The van der Waals surface area contributed by atoms with E-state index in [0.29, 0.717) is 5.01 Å². The van der Waals surface area contributed by atoms with Crippen LogP contribution >= 0.6 is 11.3 Å². The van der Waals surface area contributed by atoms with Crippen LogP contribution in [0.2, 0.25) is 0 Å². The van der Waals surface area contributed by atoms with Crippen LogP contribution in [0.1, 0.15) is 28.0 Å². The molecule has 0 aliphatic rings. The first-order valence-corrected chi connectivity index (χ1v) is 5.38. The van der Waals surface area contributed by atoms with E-state index in [-0.39, 0.29) is 0 Å². The fraction of sp³-hybridized carbons (Fsp3) is 0.556. The summed E-state index contributed by atoms with van der Waals surface area (Å²) < 4.78 is 0. The molecule has 4 nitrogen and oxygen atoms in total. The molecule has 1 amide bonds. The van der Waals surface area contributed by atoms with Crippen LogP contribution in [0.4, 0.5) is 0 Å². The highest BCUT2D eigenvalue weighted by molar-refractivity contribution is 7.13. The molecule has 0 saturated heterocycles. The highest BCUT2D eigenvalue weighted by Crippen LogP contribution is 2.13. The van der Waals surface area contributed by atoms with Crippen molar-refractivity contribution in [1.29, 1.82) is 0 Å². The predicted molar refractivity (Wildman–Crippen MR) is 57.3 cm³/mol. The first-order valence-electron chi connectivity index (χ1n) is 4.56. The van der Waals surface area contributed by atoms with Crippen molar-refractivity contribution >= 4 is 17.2 Å². The molecule has 0 fully saturated rings. The summed E-state index contributed by atoms with van der Waals surface area (Å²) >= 11 is 1.37. The summed E-state index contributed by atoms with van der Waals surface area (Å²) in [6.07, 6.45) is 2.84. The number of carbonyl (C=O) groups excluding carboxylic acids is 1. The lowest BCUT2D eigenvalue weighted by atomic mass is 10.4. The Morgan fingerprint density at radius 2 is 2.43 bits per heavy atom. The zero-order valence-corrected chi connectivity index (χ0v) is 9.30. The van der Waals surface area contributed by atoms with E-state index in [1.165, 1.54) is 11.3 Å². The van der Waals surface area contributed by atoms with Crippen LogP contribution in [0, 0.1) is 0 Å². The van der Waals surface area contributed by atoms with Crippen LogP contribution < -0.4 is 5.73 Å². The fourth-order valence-electron chi connectivity index (χ4n) is 1.22. The molecule has 78 valence electrons. The smallest absolute Gasteiger partial charge is 0.277 e. The number of carbonyl (C=O) groups is 1. The second-order valence-corrected chi connectivity index (χ2v) is 4.35. The maximum atomic E-state index is 10.8. The van der Waals surface area contributed by atoms with Gasteiger partial charge < -0.3 is 10.6 Å². The molecule has 1 aromatic rings. The number of aromatic nitrogens is 1. The first-order chi connectivity index (χ1) is 6.63. The first kappa shape index (κ1) is 11.1. The van der Waals surface area contributed by atoms with Crippen LogP contribution in [0.25, 0.3) is 0 Å². The van der Waals surface area contributed by atoms with Crippen LogP contribution in [0.3, 0.4) is 0 Å². The van der Waals surface area contributed by atoms with Crippen LogP contribution in [0.15, 0.2) is 6.20 Å². The minimum atomic E-state index is -0.445. The molecule has 0 bridgehead atoms. The lowest BCUT2D eigenvalue weighted by Crippen LogP contribution is -2.17. The number of hydrogen-bond acceptors (Lipinski definition) is 4. The Hall–Kier alpha value is -0.940. The third kappa shape index (κ3) is 3.08. The van der Waals surface area contributed by atoms with E-state index in [9.17, 15) is 4.79 Å². The van der Waals surface area contributed by atoms with E-state index in [2.05, 4.69) is 16.8 Å². The van der Waals surface area contributed by atoms with Gasteiger partial charge in [-0.25, -0.2) is 4.98 Å². The molecule has 2 N–H and O–H groups in total. The van der Waals surface area contributed by atoms with Gasteiger partial charge in [-0.2, -0.15) is 0 Å². The summed E-state index contributed by atoms with van der Waals surface area (Å²) in [6, 6.07) is 0. The predicted octanol–water partition coefficient (Wildman–Crippen LogP) is 1.08. The van der Waals surface area contributed by atoms with E-state index in [4.69, 9.17) is 5.73 Å². The third-order valence-electron chi connectivity index (χ3n) is 1.80. The molecule has 0 aromatic carbocycles. The van der Waals surface area contributed by atoms with Crippen molar-refractivity contribution in [3.8, 4) is 0 Å². The summed E-state index contributed by atoms with van der Waals surface area (Å²) in [5, 5.41) is 0.393. The summed E-state index contributed by atoms with van der Waals surface area (Å²) in [4.78, 5) is 18.0. The van der Waals surface area contributed by atoms with E-state index in [1.807, 2.05) is 7.05 Å². The van der Waals surface area contributed by atoms with Crippen molar-refractivity contribution in [2.75, 3.05) is 13.6 Å². The maximum Gasteiger partial charge on any atom is 0.277 e. The van der Waals surface area contributed by atoms with Crippen molar-refractivity contribution in [2.24, 2.45) is 5.73 Å². The Bertz CT molecular complexity index is 311. The Balaban J connectivity index is 2.55. The summed E-state index contributed by atoms with van der Waals surface area (Å²) in [5.74, 6) is -0.445. The lowest BCUT2D eigenvalue weighted by molar-refractivity contribution is 0.1000. The van der Waals surface area contributed by atoms with Gasteiger partial charge in [0.05, 0.1) is 0 Å². The molecule has 14 heavy (non-hydrogen) atoms. The molecule has 1 aromatic heterocycles. The van der Waals surface area contributed by atoms with Crippen molar-refractivity contribution in [3.63, 3.8) is 0 Å². The molecule has 0 aliphatic heterocycles. The van der Waals surface area contributed by atoms with Crippen LogP contribution in [-0.4, -0.2) is 29.4 Å². The lowest BCUT2D eigenvalue weighted by Gasteiger charge is -2.12. The molecule has 0 unspecified atom stereocenters. The summed E-state index contributed by atoms with van der Waals surface area (Å²) in [7, 11) is 2.05. The number of nitrogens with two attached hydrogens (primary N) is 1. The zero-order valence-electron chi connectivity index (χ0n) is 8.49. The normalized spacial score (nSPS) is 10.8. The number of amides is 1. The zero-order chi connectivity index (χ0) is 10.6. The third-order valence-corrected chi connectivity index (χ3v) is 2.79. The Kier molecular flexibility index (Phi) is 4.03. The number of rotatable bonds is 5. The average Bonchev–Trinajstić information content (AvgIpc) is 2.53. The molecular weight excluding hydrogens is 198 g/mol. The van der Waals surface area contributed by atoms with Crippen LogP contribution in [0.5, 0.6) is 0 Å². The van der Waals surface area contributed by atoms with Crippen LogP contribution in [-0.2, 0) is 6.54 Å². The number of primary amides is 1. The Morgan fingerprint density at radius 3 is 2.93 bits per heavy atom. The molecule has 0 saturated carbocycles.